The molecule has 1 aromatic carbocycles. The molecule has 166 valence electrons. The maximum absolute atomic E-state index is 13.7. The van der Waals surface area contributed by atoms with E-state index in [1.807, 2.05) is 0 Å². The van der Waals surface area contributed by atoms with Crippen molar-refractivity contribution < 1.29 is 22.7 Å². The van der Waals surface area contributed by atoms with E-state index in [2.05, 4.69) is 20.5 Å². The second kappa shape index (κ2) is 8.50. The van der Waals surface area contributed by atoms with Gasteiger partial charge in [-0.15, -0.1) is 0 Å². The zero-order chi connectivity index (χ0) is 22.9. The highest BCUT2D eigenvalue weighted by Gasteiger charge is 2.35. The molecule has 1 amide bonds. The average molecular weight is 465 g/mol. The summed E-state index contributed by atoms with van der Waals surface area (Å²) in [5.74, 6) is -0.0700. The van der Waals surface area contributed by atoms with Crippen molar-refractivity contribution in [1.29, 1.82) is 0 Å². The summed E-state index contributed by atoms with van der Waals surface area (Å²) in [4.78, 5) is 16.7. The van der Waals surface area contributed by atoms with E-state index in [1.54, 1.807) is 30.5 Å². The Balaban J connectivity index is 1.63. The molecule has 1 N–H and O–H groups in total. The van der Waals surface area contributed by atoms with E-state index in [0.717, 1.165) is 6.07 Å². The lowest BCUT2D eigenvalue weighted by Crippen LogP contribution is -2.27. The monoisotopic (exact) mass is 464 g/mol. The molecule has 0 radical (unpaired) electrons. The molecule has 3 heterocycles. The van der Waals surface area contributed by atoms with Crippen LogP contribution in [0.25, 0.3) is 16.9 Å². The molecule has 0 aliphatic rings. The van der Waals surface area contributed by atoms with E-state index in [1.165, 1.54) is 24.1 Å². The molecule has 12 heteroatoms. The summed E-state index contributed by atoms with van der Waals surface area (Å²) < 4.78 is 48.3. The summed E-state index contributed by atoms with van der Waals surface area (Å²) in [5.41, 5.74) is -0.777. The Morgan fingerprint density at radius 2 is 1.97 bits per heavy atom. The molecule has 32 heavy (non-hydrogen) atoms. The van der Waals surface area contributed by atoms with Gasteiger partial charge in [0.2, 0.25) is 0 Å². The number of alkyl halides is 3. The highest BCUT2D eigenvalue weighted by molar-refractivity contribution is 6.30. The van der Waals surface area contributed by atoms with Gasteiger partial charge < -0.3 is 10.1 Å². The number of benzene rings is 1. The minimum atomic E-state index is -4.71. The second-order valence-electron chi connectivity index (χ2n) is 6.73. The van der Waals surface area contributed by atoms with Gasteiger partial charge in [-0.1, -0.05) is 11.6 Å². The van der Waals surface area contributed by atoms with Crippen LogP contribution in [-0.2, 0) is 12.7 Å². The van der Waals surface area contributed by atoms with Crippen molar-refractivity contribution in [1.82, 2.24) is 29.7 Å². The lowest BCUT2D eigenvalue weighted by molar-refractivity contribution is -0.142. The molecular formula is C20H16ClF3N6O2. The number of rotatable bonds is 6. The van der Waals surface area contributed by atoms with E-state index in [0.29, 0.717) is 27.4 Å². The molecule has 0 aliphatic heterocycles. The first-order chi connectivity index (χ1) is 15.2. The Labute approximate surface area is 184 Å². The summed E-state index contributed by atoms with van der Waals surface area (Å²) in [6.07, 6.45) is -1.67. The van der Waals surface area contributed by atoms with Gasteiger partial charge in [0.25, 0.3) is 5.91 Å². The van der Waals surface area contributed by atoms with Gasteiger partial charge in [0.1, 0.15) is 5.75 Å². The summed E-state index contributed by atoms with van der Waals surface area (Å²) in [7, 11) is 1.49. The fraction of sp³-hybridized carbons (Fsp3) is 0.200. The van der Waals surface area contributed by atoms with Gasteiger partial charge in [-0.25, -0.2) is 9.50 Å². The third kappa shape index (κ3) is 4.52. The molecule has 0 fully saturated rings. The van der Waals surface area contributed by atoms with Crippen molar-refractivity contribution in [3.63, 3.8) is 0 Å². The highest BCUT2D eigenvalue weighted by Crippen LogP contribution is 2.32. The summed E-state index contributed by atoms with van der Waals surface area (Å²) in [5, 5.41) is 10.9. The zero-order valence-corrected chi connectivity index (χ0v) is 17.4. The first-order valence-corrected chi connectivity index (χ1v) is 9.71. The summed E-state index contributed by atoms with van der Waals surface area (Å²) in [6, 6.07) is 8.55. The number of fused-ring (bicyclic) bond motifs is 1. The smallest absolute Gasteiger partial charge is 0.433 e. The maximum Gasteiger partial charge on any atom is 0.433 e. The van der Waals surface area contributed by atoms with Crippen LogP contribution >= 0.6 is 11.6 Å². The number of methoxy groups -OCH3 is 1. The van der Waals surface area contributed by atoms with Gasteiger partial charge in [0, 0.05) is 24.4 Å². The maximum atomic E-state index is 13.7. The second-order valence-corrected chi connectivity index (χ2v) is 7.17. The van der Waals surface area contributed by atoms with E-state index < -0.39 is 17.8 Å². The first-order valence-electron chi connectivity index (χ1n) is 9.33. The number of ether oxygens (including phenoxy) is 1. The van der Waals surface area contributed by atoms with E-state index in [9.17, 15) is 18.0 Å². The zero-order valence-electron chi connectivity index (χ0n) is 16.6. The predicted octanol–water partition coefficient (Wildman–Crippen LogP) is 3.70. The van der Waals surface area contributed by atoms with E-state index >= 15 is 0 Å². The lowest BCUT2D eigenvalue weighted by Gasteiger charge is -2.11. The Morgan fingerprint density at radius 1 is 1.22 bits per heavy atom. The van der Waals surface area contributed by atoms with Gasteiger partial charge in [0.05, 0.1) is 30.6 Å². The SMILES string of the molecule is COc1ccc(-c2cc(C(F)(F)F)n3nc(C(=O)NCCn4cc(Cl)cn4)cc3n2)cc1. The molecule has 4 rings (SSSR count). The number of aromatic nitrogens is 5. The van der Waals surface area contributed by atoms with Crippen LogP contribution in [-0.4, -0.2) is 43.9 Å². The van der Waals surface area contributed by atoms with Crippen molar-refractivity contribution in [2.24, 2.45) is 0 Å². The Morgan fingerprint density at radius 3 is 2.59 bits per heavy atom. The Bertz CT molecular complexity index is 1270. The van der Waals surface area contributed by atoms with Crippen LogP contribution in [0.3, 0.4) is 0 Å². The minimum Gasteiger partial charge on any atom is -0.497 e. The fourth-order valence-electron chi connectivity index (χ4n) is 3.03. The molecule has 3 aromatic heterocycles. The van der Waals surface area contributed by atoms with Crippen LogP contribution < -0.4 is 10.1 Å². The lowest BCUT2D eigenvalue weighted by atomic mass is 10.1. The van der Waals surface area contributed by atoms with Crippen LogP contribution in [0.1, 0.15) is 16.2 Å². The van der Waals surface area contributed by atoms with Crippen LogP contribution in [0, 0.1) is 0 Å². The van der Waals surface area contributed by atoms with Crippen molar-refractivity contribution in [2.45, 2.75) is 12.7 Å². The standard InChI is InChI=1S/C20H16ClF3N6O2/c1-32-14-4-2-12(3-5-14)15-8-17(20(22,23)24)30-18(27-15)9-16(28-30)19(31)25-6-7-29-11-13(21)10-26-29/h2-5,8-11H,6-7H2,1H3,(H,25,31). The van der Waals surface area contributed by atoms with E-state index in [-0.39, 0.29) is 23.6 Å². The first kappa shape index (κ1) is 21.6. The summed E-state index contributed by atoms with van der Waals surface area (Å²) in [6.45, 7) is 0.515. The van der Waals surface area contributed by atoms with Crippen molar-refractivity contribution in [3.05, 3.63) is 65.2 Å². The third-order valence-electron chi connectivity index (χ3n) is 4.56. The molecule has 0 unspecified atom stereocenters. The van der Waals surface area contributed by atoms with Crippen LogP contribution in [0.4, 0.5) is 13.2 Å². The van der Waals surface area contributed by atoms with Gasteiger partial charge in [-0.2, -0.15) is 23.4 Å². The average Bonchev–Trinajstić information content (AvgIpc) is 3.38. The largest absolute Gasteiger partial charge is 0.497 e. The molecule has 0 atom stereocenters. The molecule has 8 nitrogen and oxygen atoms in total. The number of hydrogen-bond donors (Lipinski definition) is 1. The van der Waals surface area contributed by atoms with E-state index in [4.69, 9.17) is 16.3 Å². The van der Waals surface area contributed by atoms with Gasteiger partial charge in [-0.3, -0.25) is 9.48 Å². The number of hydrogen-bond acceptors (Lipinski definition) is 5. The summed E-state index contributed by atoms with van der Waals surface area (Å²) >= 11 is 5.78. The number of nitrogens with one attached hydrogen (secondary N) is 1. The van der Waals surface area contributed by atoms with Crippen LogP contribution in [0.2, 0.25) is 5.02 Å². The Kier molecular flexibility index (Phi) is 5.74. The van der Waals surface area contributed by atoms with Crippen LogP contribution in [0.15, 0.2) is 48.8 Å². The molecule has 0 saturated carbocycles. The van der Waals surface area contributed by atoms with Crippen molar-refractivity contribution >= 4 is 23.2 Å². The predicted molar refractivity (Wildman–Crippen MR) is 110 cm³/mol. The quantitative estimate of drug-likeness (QED) is 0.470. The van der Waals surface area contributed by atoms with Crippen molar-refractivity contribution in [2.75, 3.05) is 13.7 Å². The number of halogens is 4. The highest BCUT2D eigenvalue weighted by atomic mass is 35.5. The minimum absolute atomic E-state index is 0.0925. The molecule has 4 aromatic rings. The van der Waals surface area contributed by atoms with Gasteiger partial charge in [0.15, 0.2) is 17.0 Å². The molecular weight excluding hydrogens is 449 g/mol. The number of carbonyl (C=O) groups is 1. The third-order valence-corrected chi connectivity index (χ3v) is 4.76. The number of amides is 1. The number of carbonyl (C=O) groups excluding carboxylic acids is 1. The van der Waals surface area contributed by atoms with Gasteiger partial charge in [-0.05, 0) is 30.3 Å². The van der Waals surface area contributed by atoms with Crippen LogP contribution in [0.5, 0.6) is 5.75 Å². The fourth-order valence-corrected chi connectivity index (χ4v) is 3.19. The topological polar surface area (TPSA) is 86.3 Å². The normalized spacial score (nSPS) is 11.7. The molecule has 0 aliphatic carbocycles. The molecule has 0 spiro atoms. The molecule has 0 bridgehead atoms. The van der Waals surface area contributed by atoms with Gasteiger partial charge >= 0.3 is 6.18 Å². The van der Waals surface area contributed by atoms with Crippen molar-refractivity contribution in [3.8, 4) is 17.0 Å². The Hall–Kier alpha value is -3.60. The number of nitrogens with zero attached hydrogens (tertiary/aromatic N) is 5. The molecule has 0 saturated heterocycles.